The normalized spacial score (nSPS) is 24.4. The molecule has 0 spiro atoms. The van der Waals surface area contributed by atoms with E-state index in [4.69, 9.17) is 0 Å². The molecule has 1 fully saturated rings. The smallest absolute Gasteiger partial charge is 0.251 e. The standard InChI is InChI=1S/C14H20N2O/c1-10-5-3-4-6-12(10)14(17)16-13-7-8-15-9-11(13)2/h3-6,11,13,15H,7-9H2,1-2H3,(H,16,17)/t11-,13+/m0/s1. The summed E-state index contributed by atoms with van der Waals surface area (Å²) < 4.78 is 0. The highest BCUT2D eigenvalue weighted by molar-refractivity contribution is 5.95. The van der Waals surface area contributed by atoms with E-state index in [-0.39, 0.29) is 5.91 Å². The van der Waals surface area contributed by atoms with Gasteiger partial charge in [0.05, 0.1) is 0 Å². The zero-order valence-corrected chi connectivity index (χ0v) is 10.5. The van der Waals surface area contributed by atoms with Crippen LogP contribution in [0.4, 0.5) is 0 Å². The van der Waals surface area contributed by atoms with E-state index in [1.165, 1.54) is 0 Å². The highest BCUT2D eigenvalue weighted by Crippen LogP contribution is 2.13. The Bertz CT molecular complexity index is 403. The van der Waals surface area contributed by atoms with Crippen LogP contribution in [0, 0.1) is 12.8 Å². The van der Waals surface area contributed by atoms with Gasteiger partial charge >= 0.3 is 0 Å². The lowest BCUT2D eigenvalue weighted by Crippen LogP contribution is -2.48. The zero-order chi connectivity index (χ0) is 12.3. The van der Waals surface area contributed by atoms with E-state index < -0.39 is 0 Å². The number of benzene rings is 1. The summed E-state index contributed by atoms with van der Waals surface area (Å²) in [6.07, 6.45) is 1.01. The molecule has 0 saturated carbocycles. The van der Waals surface area contributed by atoms with Gasteiger partial charge in [-0.3, -0.25) is 4.79 Å². The second-order valence-electron chi connectivity index (χ2n) is 4.86. The van der Waals surface area contributed by atoms with Crippen LogP contribution in [-0.4, -0.2) is 25.0 Å². The average Bonchev–Trinajstić information content (AvgIpc) is 2.32. The lowest BCUT2D eigenvalue weighted by atomic mass is 9.95. The molecule has 0 bridgehead atoms. The van der Waals surface area contributed by atoms with Crippen molar-refractivity contribution in [3.63, 3.8) is 0 Å². The molecule has 3 nitrogen and oxygen atoms in total. The molecule has 1 aliphatic heterocycles. The summed E-state index contributed by atoms with van der Waals surface area (Å²) in [5.41, 5.74) is 1.82. The number of nitrogens with one attached hydrogen (secondary N) is 2. The van der Waals surface area contributed by atoms with Gasteiger partial charge in [0, 0.05) is 11.6 Å². The van der Waals surface area contributed by atoms with Crippen LogP contribution in [0.1, 0.15) is 29.3 Å². The van der Waals surface area contributed by atoms with Crippen LogP contribution in [0.5, 0.6) is 0 Å². The van der Waals surface area contributed by atoms with Crippen LogP contribution in [0.3, 0.4) is 0 Å². The van der Waals surface area contributed by atoms with Crippen LogP contribution in [0.2, 0.25) is 0 Å². The molecule has 1 aromatic rings. The van der Waals surface area contributed by atoms with Crippen LogP contribution < -0.4 is 10.6 Å². The summed E-state index contributed by atoms with van der Waals surface area (Å²) in [4.78, 5) is 12.1. The first-order valence-electron chi connectivity index (χ1n) is 6.25. The van der Waals surface area contributed by atoms with E-state index in [9.17, 15) is 4.79 Å². The van der Waals surface area contributed by atoms with Gasteiger partial charge in [0.2, 0.25) is 0 Å². The highest BCUT2D eigenvalue weighted by atomic mass is 16.1. The van der Waals surface area contributed by atoms with Crippen molar-refractivity contribution in [2.24, 2.45) is 5.92 Å². The van der Waals surface area contributed by atoms with Crippen molar-refractivity contribution in [1.29, 1.82) is 0 Å². The van der Waals surface area contributed by atoms with Gasteiger partial charge in [0.25, 0.3) is 5.91 Å². The first-order valence-corrected chi connectivity index (χ1v) is 6.25. The lowest BCUT2D eigenvalue weighted by molar-refractivity contribution is 0.0913. The summed E-state index contributed by atoms with van der Waals surface area (Å²) in [7, 11) is 0. The van der Waals surface area contributed by atoms with Crippen molar-refractivity contribution in [2.45, 2.75) is 26.3 Å². The van der Waals surface area contributed by atoms with Gasteiger partial charge in [-0.1, -0.05) is 25.1 Å². The number of aryl methyl sites for hydroxylation is 1. The number of piperidine rings is 1. The second kappa shape index (κ2) is 5.32. The fourth-order valence-electron chi connectivity index (χ4n) is 2.30. The lowest BCUT2D eigenvalue weighted by Gasteiger charge is -2.30. The Labute approximate surface area is 103 Å². The van der Waals surface area contributed by atoms with Crippen LogP contribution in [0.15, 0.2) is 24.3 Å². The van der Waals surface area contributed by atoms with Crippen LogP contribution >= 0.6 is 0 Å². The maximum absolute atomic E-state index is 12.1. The maximum Gasteiger partial charge on any atom is 0.251 e. The van der Waals surface area contributed by atoms with Gasteiger partial charge < -0.3 is 10.6 Å². The van der Waals surface area contributed by atoms with Crippen molar-refractivity contribution >= 4 is 5.91 Å². The first kappa shape index (κ1) is 12.1. The van der Waals surface area contributed by atoms with Crippen molar-refractivity contribution in [3.05, 3.63) is 35.4 Å². The largest absolute Gasteiger partial charge is 0.349 e. The topological polar surface area (TPSA) is 41.1 Å². The molecule has 0 unspecified atom stereocenters. The Kier molecular flexibility index (Phi) is 3.79. The van der Waals surface area contributed by atoms with Crippen molar-refractivity contribution in [2.75, 3.05) is 13.1 Å². The minimum Gasteiger partial charge on any atom is -0.349 e. The Balaban J connectivity index is 2.04. The molecule has 2 N–H and O–H groups in total. The number of amides is 1. The van der Waals surface area contributed by atoms with E-state index in [0.29, 0.717) is 12.0 Å². The molecule has 0 radical (unpaired) electrons. The first-order chi connectivity index (χ1) is 8.18. The zero-order valence-electron chi connectivity index (χ0n) is 10.5. The molecule has 3 heteroatoms. The fraction of sp³-hybridized carbons (Fsp3) is 0.500. The van der Waals surface area contributed by atoms with Gasteiger partial charge in [0.15, 0.2) is 0 Å². The van der Waals surface area contributed by atoms with Gasteiger partial charge in [-0.2, -0.15) is 0 Å². The molecule has 0 aromatic heterocycles. The van der Waals surface area contributed by atoms with Gasteiger partial charge in [-0.15, -0.1) is 0 Å². The molecule has 1 heterocycles. The molecular weight excluding hydrogens is 212 g/mol. The molecule has 1 saturated heterocycles. The van der Waals surface area contributed by atoms with Crippen molar-refractivity contribution in [3.8, 4) is 0 Å². The summed E-state index contributed by atoms with van der Waals surface area (Å²) >= 11 is 0. The van der Waals surface area contributed by atoms with E-state index >= 15 is 0 Å². The Hall–Kier alpha value is -1.35. The van der Waals surface area contributed by atoms with Crippen LogP contribution in [0.25, 0.3) is 0 Å². The number of hydrogen-bond donors (Lipinski definition) is 2. The molecule has 2 atom stereocenters. The Morgan fingerprint density at radius 2 is 2.18 bits per heavy atom. The predicted octanol–water partition coefficient (Wildman–Crippen LogP) is 1.72. The number of carbonyl (C=O) groups is 1. The quantitative estimate of drug-likeness (QED) is 0.815. The predicted molar refractivity (Wildman–Crippen MR) is 69.1 cm³/mol. The molecule has 1 aliphatic rings. The molecule has 1 aromatic carbocycles. The van der Waals surface area contributed by atoms with Crippen molar-refractivity contribution in [1.82, 2.24) is 10.6 Å². The average molecular weight is 232 g/mol. The number of carbonyl (C=O) groups excluding carboxylic acids is 1. The van der Waals surface area contributed by atoms with E-state index in [0.717, 1.165) is 30.6 Å². The molecule has 92 valence electrons. The molecule has 17 heavy (non-hydrogen) atoms. The van der Waals surface area contributed by atoms with Gasteiger partial charge in [0.1, 0.15) is 0 Å². The van der Waals surface area contributed by atoms with Gasteiger partial charge in [-0.25, -0.2) is 0 Å². The summed E-state index contributed by atoms with van der Waals surface area (Å²) in [5.74, 6) is 0.554. The summed E-state index contributed by atoms with van der Waals surface area (Å²) in [6.45, 7) is 6.12. The molecule has 2 rings (SSSR count). The second-order valence-corrected chi connectivity index (χ2v) is 4.86. The monoisotopic (exact) mass is 232 g/mol. The minimum absolute atomic E-state index is 0.0573. The van der Waals surface area contributed by atoms with Crippen molar-refractivity contribution < 1.29 is 4.79 Å². The maximum atomic E-state index is 12.1. The number of hydrogen-bond acceptors (Lipinski definition) is 2. The summed E-state index contributed by atoms with van der Waals surface area (Å²) in [5, 5.41) is 6.48. The van der Waals surface area contributed by atoms with Crippen LogP contribution in [-0.2, 0) is 0 Å². The third-order valence-electron chi connectivity index (χ3n) is 3.49. The SMILES string of the molecule is Cc1ccccc1C(=O)N[C@@H]1CCNC[C@@H]1C. The Morgan fingerprint density at radius 3 is 2.88 bits per heavy atom. The highest BCUT2D eigenvalue weighted by Gasteiger charge is 2.23. The van der Waals surface area contributed by atoms with Gasteiger partial charge in [-0.05, 0) is 44.0 Å². The molecule has 0 aliphatic carbocycles. The molecular formula is C14H20N2O. The minimum atomic E-state index is 0.0573. The fourth-order valence-corrected chi connectivity index (χ4v) is 2.30. The Morgan fingerprint density at radius 1 is 1.41 bits per heavy atom. The number of rotatable bonds is 2. The third kappa shape index (κ3) is 2.86. The van der Waals surface area contributed by atoms with E-state index in [1.54, 1.807) is 0 Å². The van der Waals surface area contributed by atoms with E-state index in [1.807, 2.05) is 31.2 Å². The molecule has 1 amide bonds. The summed E-state index contributed by atoms with van der Waals surface area (Å²) in [6, 6.07) is 8.02. The third-order valence-corrected chi connectivity index (χ3v) is 3.49. The van der Waals surface area contributed by atoms with E-state index in [2.05, 4.69) is 17.6 Å².